The molecule has 0 aliphatic carbocycles. The van der Waals surface area contributed by atoms with Gasteiger partial charge < -0.3 is 14.7 Å². The zero-order valence-electron chi connectivity index (χ0n) is 11.4. The van der Waals surface area contributed by atoms with E-state index in [4.69, 9.17) is 9.84 Å². The van der Waals surface area contributed by atoms with Gasteiger partial charge in [-0.25, -0.2) is 13.6 Å². The fourth-order valence-electron chi connectivity index (χ4n) is 2.39. The first-order chi connectivity index (χ1) is 9.93. The molecule has 1 atom stereocenters. The minimum Gasteiger partial charge on any atom is -0.478 e. The van der Waals surface area contributed by atoms with Crippen molar-refractivity contribution < 1.29 is 28.2 Å². The third-order valence-corrected chi connectivity index (χ3v) is 3.52. The Labute approximate surface area is 120 Å². The standard InChI is InChI=1S/C14H15F2NO4/c1-21-8-3-2-4-17(7-8)13(18)9-5-11(15)12(16)6-10(9)14(19)20/h5-6,8H,2-4,7H2,1H3,(H,19,20). The SMILES string of the molecule is COC1CCCN(C(=O)c2cc(F)c(F)cc2C(=O)O)C1. The molecular formula is C14H15F2NO4. The Kier molecular flexibility index (Phi) is 4.52. The summed E-state index contributed by atoms with van der Waals surface area (Å²) in [6, 6.07) is 1.17. The average molecular weight is 299 g/mol. The monoisotopic (exact) mass is 299 g/mol. The van der Waals surface area contributed by atoms with Gasteiger partial charge in [-0.1, -0.05) is 0 Å². The van der Waals surface area contributed by atoms with Crippen LogP contribution in [-0.2, 0) is 4.74 Å². The van der Waals surface area contributed by atoms with Crippen molar-refractivity contribution >= 4 is 11.9 Å². The summed E-state index contributed by atoms with van der Waals surface area (Å²) in [5.41, 5.74) is -0.892. The van der Waals surface area contributed by atoms with Crippen LogP contribution in [0.1, 0.15) is 33.6 Å². The second-order valence-corrected chi connectivity index (χ2v) is 4.87. The smallest absolute Gasteiger partial charge is 0.336 e. The van der Waals surface area contributed by atoms with E-state index in [9.17, 15) is 18.4 Å². The molecule has 7 heteroatoms. The number of hydrogen-bond acceptors (Lipinski definition) is 3. The summed E-state index contributed by atoms with van der Waals surface area (Å²) in [6.07, 6.45) is 1.36. The molecule has 1 fully saturated rings. The number of carbonyl (C=O) groups is 2. The van der Waals surface area contributed by atoms with E-state index in [1.165, 1.54) is 12.0 Å². The lowest BCUT2D eigenvalue weighted by molar-refractivity contribution is 0.0266. The first kappa shape index (κ1) is 15.4. The maximum atomic E-state index is 13.3. The molecule has 21 heavy (non-hydrogen) atoms. The Morgan fingerprint density at radius 1 is 1.29 bits per heavy atom. The predicted molar refractivity (Wildman–Crippen MR) is 69.3 cm³/mol. The van der Waals surface area contributed by atoms with Gasteiger partial charge in [-0.3, -0.25) is 4.79 Å². The molecule has 1 heterocycles. The van der Waals surface area contributed by atoms with Gasteiger partial charge in [-0.2, -0.15) is 0 Å². The number of halogens is 2. The molecule has 1 aromatic carbocycles. The Bertz CT molecular complexity index is 576. The highest BCUT2D eigenvalue weighted by atomic mass is 19.2. The van der Waals surface area contributed by atoms with Crippen molar-refractivity contribution in [2.24, 2.45) is 0 Å². The van der Waals surface area contributed by atoms with E-state index in [1.54, 1.807) is 0 Å². The van der Waals surface area contributed by atoms with Crippen LogP contribution in [0.25, 0.3) is 0 Å². The minimum atomic E-state index is -1.47. The van der Waals surface area contributed by atoms with Gasteiger partial charge in [0.05, 0.1) is 17.2 Å². The molecule has 0 aromatic heterocycles. The molecule has 1 aliphatic heterocycles. The Morgan fingerprint density at radius 3 is 2.48 bits per heavy atom. The number of nitrogens with zero attached hydrogens (tertiary/aromatic N) is 1. The van der Waals surface area contributed by atoms with Crippen molar-refractivity contribution in [3.05, 3.63) is 34.9 Å². The van der Waals surface area contributed by atoms with Crippen LogP contribution in [0.2, 0.25) is 0 Å². The molecular weight excluding hydrogens is 284 g/mol. The second-order valence-electron chi connectivity index (χ2n) is 4.87. The molecule has 1 saturated heterocycles. The van der Waals surface area contributed by atoms with E-state index in [-0.39, 0.29) is 11.7 Å². The molecule has 0 spiro atoms. The van der Waals surface area contributed by atoms with Gasteiger partial charge in [0.1, 0.15) is 0 Å². The van der Waals surface area contributed by atoms with Crippen molar-refractivity contribution in [3.8, 4) is 0 Å². The van der Waals surface area contributed by atoms with E-state index in [0.717, 1.165) is 6.42 Å². The van der Waals surface area contributed by atoms with Crippen LogP contribution in [0.4, 0.5) is 8.78 Å². The van der Waals surface area contributed by atoms with Crippen molar-refractivity contribution in [1.82, 2.24) is 4.90 Å². The summed E-state index contributed by atoms with van der Waals surface area (Å²) in [6.45, 7) is 0.726. The van der Waals surface area contributed by atoms with Crippen molar-refractivity contribution in [2.45, 2.75) is 18.9 Å². The number of carboxylic acids is 1. The first-order valence-corrected chi connectivity index (χ1v) is 6.48. The number of likely N-dealkylation sites (tertiary alicyclic amines) is 1. The van der Waals surface area contributed by atoms with Crippen LogP contribution < -0.4 is 0 Å². The van der Waals surface area contributed by atoms with Gasteiger partial charge in [-0.05, 0) is 25.0 Å². The minimum absolute atomic E-state index is 0.138. The molecule has 1 aliphatic rings. The fraction of sp³-hybridized carbons (Fsp3) is 0.429. The number of benzene rings is 1. The number of carbonyl (C=O) groups excluding carboxylic acids is 1. The lowest BCUT2D eigenvalue weighted by Gasteiger charge is -2.32. The Hall–Kier alpha value is -2.02. The van der Waals surface area contributed by atoms with E-state index < -0.39 is 29.1 Å². The number of hydrogen-bond donors (Lipinski definition) is 1. The predicted octanol–water partition coefficient (Wildman–Crippen LogP) is 1.91. The van der Waals surface area contributed by atoms with Crippen molar-refractivity contribution in [1.29, 1.82) is 0 Å². The molecule has 5 nitrogen and oxygen atoms in total. The van der Waals surface area contributed by atoms with Gasteiger partial charge >= 0.3 is 5.97 Å². The molecule has 1 amide bonds. The summed E-state index contributed by atoms with van der Waals surface area (Å²) >= 11 is 0. The Balaban J connectivity index is 2.34. The third-order valence-electron chi connectivity index (χ3n) is 3.52. The number of ether oxygens (including phenoxy) is 1. The van der Waals surface area contributed by atoms with Crippen LogP contribution in [0, 0.1) is 11.6 Å². The highest BCUT2D eigenvalue weighted by Crippen LogP contribution is 2.20. The van der Waals surface area contributed by atoms with Crippen LogP contribution in [0.5, 0.6) is 0 Å². The summed E-state index contributed by atoms with van der Waals surface area (Å²) in [5.74, 6) is -4.65. The number of carboxylic acid groups (broad SMARTS) is 1. The zero-order chi connectivity index (χ0) is 15.6. The van der Waals surface area contributed by atoms with E-state index >= 15 is 0 Å². The molecule has 0 bridgehead atoms. The summed E-state index contributed by atoms with van der Waals surface area (Å²) in [7, 11) is 1.53. The molecule has 0 radical (unpaired) electrons. The van der Waals surface area contributed by atoms with E-state index in [1.807, 2.05) is 0 Å². The molecule has 114 valence electrons. The zero-order valence-corrected chi connectivity index (χ0v) is 11.4. The van der Waals surface area contributed by atoms with Crippen LogP contribution >= 0.6 is 0 Å². The van der Waals surface area contributed by atoms with Crippen molar-refractivity contribution in [2.75, 3.05) is 20.2 Å². The van der Waals surface area contributed by atoms with E-state index in [0.29, 0.717) is 31.6 Å². The number of amides is 1. The van der Waals surface area contributed by atoms with Crippen LogP contribution in [0.15, 0.2) is 12.1 Å². The van der Waals surface area contributed by atoms with Gasteiger partial charge in [-0.15, -0.1) is 0 Å². The number of methoxy groups -OCH3 is 1. The quantitative estimate of drug-likeness (QED) is 0.926. The maximum absolute atomic E-state index is 13.3. The maximum Gasteiger partial charge on any atom is 0.336 e. The molecule has 0 saturated carbocycles. The molecule has 1 unspecified atom stereocenters. The molecule has 1 N–H and O–H groups in total. The van der Waals surface area contributed by atoms with E-state index in [2.05, 4.69) is 0 Å². The highest BCUT2D eigenvalue weighted by molar-refractivity contribution is 6.04. The Morgan fingerprint density at radius 2 is 1.90 bits per heavy atom. The summed E-state index contributed by atoms with van der Waals surface area (Å²) < 4.78 is 31.7. The normalized spacial score (nSPS) is 18.6. The lowest BCUT2D eigenvalue weighted by atomic mass is 10.0. The topological polar surface area (TPSA) is 66.8 Å². The van der Waals surface area contributed by atoms with Crippen molar-refractivity contribution in [3.63, 3.8) is 0 Å². The number of piperidine rings is 1. The van der Waals surface area contributed by atoms with Gasteiger partial charge in [0.15, 0.2) is 11.6 Å². The highest BCUT2D eigenvalue weighted by Gasteiger charge is 2.28. The first-order valence-electron chi connectivity index (χ1n) is 6.48. The molecule has 2 rings (SSSR count). The average Bonchev–Trinajstić information content (AvgIpc) is 2.48. The van der Waals surface area contributed by atoms with Gasteiger partial charge in [0, 0.05) is 20.2 Å². The second kappa shape index (κ2) is 6.17. The van der Waals surface area contributed by atoms with Crippen LogP contribution in [-0.4, -0.2) is 48.2 Å². The number of rotatable bonds is 3. The summed E-state index contributed by atoms with van der Waals surface area (Å²) in [4.78, 5) is 24.9. The van der Waals surface area contributed by atoms with Gasteiger partial charge in [0.2, 0.25) is 0 Å². The summed E-state index contributed by atoms with van der Waals surface area (Å²) in [5, 5.41) is 9.04. The number of aromatic carboxylic acids is 1. The fourth-order valence-corrected chi connectivity index (χ4v) is 2.39. The molecule has 1 aromatic rings. The largest absolute Gasteiger partial charge is 0.478 e. The third kappa shape index (κ3) is 3.18. The van der Waals surface area contributed by atoms with Crippen LogP contribution in [0.3, 0.4) is 0 Å². The van der Waals surface area contributed by atoms with Gasteiger partial charge in [0.25, 0.3) is 5.91 Å². The lowest BCUT2D eigenvalue weighted by Crippen LogP contribution is -2.43.